The Hall–Kier alpha value is -1.13. The minimum Gasteiger partial charge on any atom is -0.354 e. The van der Waals surface area contributed by atoms with Gasteiger partial charge in [-0.15, -0.1) is 0 Å². The lowest BCUT2D eigenvalue weighted by molar-refractivity contribution is 0.0615. The number of anilines is 1. The molecule has 4 nitrogen and oxygen atoms in total. The molecule has 106 valence electrons. The van der Waals surface area contributed by atoms with E-state index in [1.807, 2.05) is 18.3 Å². The van der Waals surface area contributed by atoms with E-state index in [0.717, 1.165) is 32.0 Å². The maximum atomic E-state index is 6.02. The number of hydrogen-bond acceptors (Lipinski definition) is 4. The molecule has 2 rings (SSSR count). The number of rotatable bonds is 4. The standard InChI is InChI=1S/C15H26N4/c1-13(2)15(3,12-16)19-10-8-18(9-11-19)14-6-4-5-7-17-14/h4-7,13H,8-12,16H2,1-3H3. The predicted octanol–water partition coefficient (Wildman–Crippen LogP) is 1.58. The molecular weight excluding hydrogens is 236 g/mol. The molecule has 4 heteroatoms. The lowest BCUT2D eigenvalue weighted by Gasteiger charge is -2.48. The van der Waals surface area contributed by atoms with Gasteiger partial charge in [-0.2, -0.15) is 0 Å². The molecule has 1 aliphatic rings. The van der Waals surface area contributed by atoms with Crippen LogP contribution in [-0.4, -0.2) is 48.1 Å². The van der Waals surface area contributed by atoms with Gasteiger partial charge in [0.15, 0.2) is 0 Å². The van der Waals surface area contributed by atoms with Crippen LogP contribution in [0.15, 0.2) is 24.4 Å². The third kappa shape index (κ3) is 2.90. The summed E-state index contributed by atoms with van der Waals surface area (Å²) in [5, 5.41) is 0. The van der Waals surface area contributed by atoms with Crippen LogP contribution in [0.1, 0.15) is 20.8 Å². The Morgan fingerprint density at radius 1 is 1.26 bits per heavy atom. The van der Waals surface area contributed by atoms with Crippen molar-refractivity contribution in [3.05, 3.63) is 24.4 Å². The van der Waals surface area contributed by atoms with Gasteiger partial charge in [-0.05, 0) is 25.0 Å². The smallest absolute Gasteiger partial charge is 0.128 e. The summed E-state index contributed by atoms with van der Waals surface area (Å²) in [4.78, 5) is 9.32. The third-order valence-electron chi connectivity index (χ3n) is 4.63. The SMILES string of the molecule is CC(C)C(C)(CN)N1CCN(c2ccccn2)CC1. The Bertz CT molecular complexity index is 384. The van der Waals surface area contributed by atoms with E-state index in [4.69, 9.17) is 5.73 Å². The number of hydrogen-bond donors (Lipinski definition) is 1. The van der Waals surface area contributed by atoms with Gasteiger partial charge in [-0.3, -0.25) is 4.90 Å². The molecule has 1 aromatic heterocycles. The van der Waals surface area contributed by atoms with E-state index in [1.54, 1.807) is 0 Å². The number of aromatic nitrogens is 1. The topological polar surface area (TPSA) is 45.4 Å². The second-order valence-electron chi connectivity index (χ2n) is 5.88. The fraction of sp³-hybridized carbons (Fsp3) is 0.667. The van der Waals surface area contributed by atoms with Crippen LogP contribution in [-0.2, 0) is 0 Å². The zero-order valence-electron chi connectivity index (χ0n) is 12.3. The predicted molar refractivity (Wildman–Crippen MR) is 80.3 cm³/mol. The van der Waals surface area contributed by atoms with Crippen molar-refractivity contribution >= 4 is 5.82 Å². The molecule has 1 unspecified atom stereocenters. The Morgan fingerprint density at radius 3 is 2.42 bits per heavy atom. The molecule has 1 atom stereocenters. The molecule has 1 aromatic rings. The molecule has 2 heterocycles. The first-order valence-corrected chi connectivity index (χ1v) is 7.19. The van der Waals surface area contributed by atoms with E-state index in [1.165, 1.54) is 0 Å². The van der Waals surface area contributed by atoms with Crippen LogP contribution >= 0.6 is 0 Å². The summed E-state index contributed by atoms with van der Waals surface area (Å²) in [6.45, 7) is 11.7. The van der Waals surface area contributed by atoms with Crippen molar-refractivity contribution in [3.63, 3.8) is 0 Å². The van der Waals surface area contributed by atoms with Gasteiger partial charge in [0.2, 0.25) is 0 Å². The highest BCUT2D eigenvalue weighted by Gasteiger charge is 2.35. The van der Waals surface area contributed by atoms with Crippen LogP contribution in [0.3, 0.4) is 0 Å². The molecule has 0 aliphatic carbocycles. The molecule has 19 heavy (non-hydrogen) atoms. The molecule has 0 spiro atoms. The van der Waals surface area contributed by atoms with E-state index in [2.05, 4.69) is 41.6 Å². The van der Waals surface area contributed by atoms with Gasteiger partial charge in [0.25, 0.3) is 0 Å². The zero-order valence-corrected chi connectivity index (χ0v) is 12.3. The largest absolute Gasteiger partial charge is 0.354 e. The van der Waals surface area contributed by atoms with E-state index in [-0.39, 0.29) is 5.54 Å². The summed E-state index contributed by atoms with van der Waals surface area (Å²) >= 11 is 0. The summed E-state index contributed by atoms with van der Waals surface area (Å²) in [5.74, 6) is 1.65. The highest BCUT2D eigenvalue weighted by Crippen LogP contribution is 2.25. The van der Waals surface area contributed by atoms with Crippen molar-refractivity contribution in [1.29, 1.82) is 0 Å². The minimum absolute atomic E-state index is 0.107. The van der Waals surface area contributed by atoms with Crippen molar-refractivity contribution in [2.24, 2.45) is 11.7 Å². The Labute approximate surface area is 116 Å². The third-order valence-corrected chi connectivity index (χ3v) is 4.63. The van der Waals surface area contributed by atoms with Crippen LogP contribution < -0.4 is 10.6 Å². The van der Waals surface area contributed by atoms with Crippen molar-refractivity contribution < 1.29 is 0 Å². The average molecular weight is 262 g/mol. The molecule has 2 N–H and O–H groups in total. The van der Waals surface area contributed by atoms with Crippen molar-refractivity contribution in [2.45, 2.75) is 26.3 Å². The number of nitrogens with two attached hydrogens (primary N) is 1. The van der Waals surface area contributed by atoms with E-state index >= 15 is 0 Å². The van der Waals surface area contributed by atoms with Crippen molar-refractivity contribution in [1.82, 2.24) is 9.88 Å². The zero-order chi connectivity index (χ0) is 13.9. The fourth-order valence-corrected chi connectivity index (χ4v) is 2.72. The first kappa shape index (κ1) is 14.3. The summed E-state index contributed by atoms with van der Waals surface area (Å²) in [7, 11) is 0. The summed E-state index contributed by atoms with van der Waals surface area (Å²) < 4.78 is 0. The van der Waals surface area contributed by atoms with E-state index in [9.17, 15) is 0 Å². The van der Waals surface area contributed by atoms with Crippen LogP contribution in [0.25, 0.3) is 0 Å². The number of nitrogens with zero attached hydrogens (tertiary/aromatic N) is 3. The second-order valence-corrected chi connectivity index (χ2v) is 5.88. The van der Waals surface area contributed by atoms with Gasteiger partial charge in [0.05, 0.1) is 0 Å². The van der Waals surface area contributed by atoms with Crippen LogP contribution in [0.4, 0.5) is 5.82 Å². The normalized spacial score (nSPS) is 20.6. The Balaban J connectivity index is 1.99. The molecule has 0 radical (unpaired) electrons. The Kier molecular flexibility index (Phi) is 4.42. The lowest BCUT2D eigenvalue weighted by atomic mass is 9.86. The van der Waals surface area contributed by atoms with E-state index < -0.39 is 0 Å². The molecule has 0 saturated carbocycles. The highest BCUT2D eigenvalue weighted by molar-refractivity contribution is 5.38. The molecule has 0 amide bonds. The molecule has 0 bridgehead atoms. The fourth-order valence-electron chi connectivity index (χ4n) is 2.72. The maximum absolute atomic E-state index is 6.02. The van der Waals surface area contributed by atoms with Gasteiger partial charge in [-0.25, -0.2) is 4.98 Å². The van der Waals surface area contributed by atoms with E-state index in [0.29, 0.717) is 12.5 Å². The molecule has 1 fully saturated rings. The molecular formula is C15H26N4. The number of pyridine rings is 1. The maximum Gasteiger partial charge on any atom is 0.128 e. The van der Waals surface area contributed by atoms with Gasteiger partial charge >= 0.3 is 0 Å². The first-order valence-electron chi connectivity index (χ1n) is 7.19. The van der Waals surface area contributed by atoms with Gasteiger partial charge in [0, 0.05) is 44.5 Å². The number of piperazine rings is 1. The monoisotopic (exact) mass is 262 g/mol. The minimum atomic E-state index is 0.107. The van der Waals surface area contributed by atoms with Crippen LogP contribution in [0, 0.1) is 5.92 Å². The van der Waals surface area contributed by atoms with Gasteiger partial charge in [0.1, 0.15) is 5.82 Å². The van der Waals surface area contributed by atoms with Crippen molar-refractivity contribution in [2.75, 3.05) is 37.6 Å². The average Bonchev–Trinajstić information content (AvgIpc) is 2.47. The van der Waals surface area contributed by atoms with Gasteiger partial charge in [-0.1, -0.05) is 19.9 Å². The summed E-state index contributed by atoms with van der Waals surface area (Å²) in [6.07, 6.45) is 1.86. The quantitative estimate of drug-likeness (QED) is 0.895. The molecule has 1 aliphatic heterocycles. The molecule has 1 saturated heterocycles. The molecule has 0 aromatic carbocycles. The van der Waals surface area contributed by atoms with Crippen LogP contribution in [0.5, 0.6) is 0 Å². The van der Waals surface area contributed by atoms with Gasteiger partial charge < -0.3 is 10.6 Å². The lowest BCUT2D eigenvalue weighted by Crippen LogP contribution is -2.61. The Morgan fingerprint density at radius 2 is 1.95 bits per heavy atom. The summed E-state index contributed by atoms with van der Waals surface area (Å²) in [5.41, 5.74) is 6.12. The second kappa shape index (κ2) is 5.88. The summed E-state index contributed by atoms with van der Waals surface area (Å²) in [6, 6.07) is 6.09. The van der Waals surface area contributed by atoms with Crippen molar-refractivity contribution in [3.8, 4) is 0 Å². The highest BCUT2D eigenvalue weighted by atomic mass is 15.3. The van der Waals surface area contributed by atoms with Crippen LogP contribution in [0.2, 0.25) is 0 Å². The first-order chi connectivity index (χ1) is 9.08.